The SMILES string of the molecule is COc1cccc(CNC[C@H](O)[C@H](Cc2ccccc2)NC(=O)OCC(C)C)c1. The zero-order chi connectivity index (χ0) is 21.1. The van der Waals surface area contributed by atoms with Gasteiger partial charge in [-0.3, -0.25) is 0 Å². The predicted octanol–water partition coefficient (Wildman–Crippen LogP) is 3.14. The molecule has 0 spiro atoms. The lowest BCUT2D eigenvalue weighted by molar-refractivity contribution is 0.0980. The van der Waals surface area contributed by atoms with Crippen LogP contribution in [0, 0.1) is 5.92 Å². The van der Waals surface area contributed by atoms with Gasteiger partial charge in [-0.25, -0.2) is 4.79 Å². The van der Waals surface area contributed by atoms with E-state index in [0.29, 0.717) is 26.1 Å². The molecule has 1 amide bonds. The molecule has 3 N–H and O–H groups in total. The number of methoxy groups -OCH3 is 1. The van der Waals surface area contributed by atoms with Crippen molar-refractivity contribution < 1.29 is 19.4 Å². The maximum Gasteiger partial charge on any atom is 0.407 e. The standard InChI is InChI=1S/C23H32N2O4/c1-17(2)16-29-23(27)25-21(13-18-8-5-4-6-9-18)22(26)15-24-14-19-10-7-11-20(12-19)28-3/h4-12,17,21-22,24,26H,13-16H2,1-3H3,(H,25,27)/t21-,22-/m0/s1. The van der Waals surface area contributed by atoms with E-state index in [9.17, 15) is 9.90 Å². The Morgan fingerprint density at radius 3 is 2.48 bits per heavy atom. The summed E-state index contributed by atoms with van der Waals surface area (Å²) < 4.78 is 10.5. The quantitative estimate of drug-likeness (QED) is 0.540. The number of nitrogens with one attached hydrogen (secondary N) is 2. The third kappa shape index (κ3) is 8.54. The molecular formula is C23H32N2O4. The zero-order valence-corrected chi connectivity index (χ0v) is 17.4. The van der Waals surface area contributed by atoms with Gasteiger partial charge in [-0.05, 0) is 35.6 Å². The van der Waals surface area contributed by atoms with Gasteiger partial charge in [0.1, 0.15) is 5.75 Å². The van der Waals surface area contributed by atoms with Gasteiger partial charge in [0.15, 0.2) is 0 Å². The van der Waals surface area contributed by atoms with E-state index in [2.05, 4.69) is 10.6 Å². The number of alkyl carbamates (subject to hydrolysis) is 1. The summed E-state index contributed by atoms with van der Waals surface area (Å²) in [5, 5.41) is 16.8. The number of aliphatic hydroxyl groups excluding tert-OH is 1. The van der Waals surface area contributed by atoms with Crippen molar-refractivity contribution in [2.45, 2.75) is 39.0 Å². The number of ether oxygens (including phenoxy) is 2. The molecule has 6 nitrogen and oxygen atoms in total. The highest BCUT2D eigenvalue weighted by Crippen LogP contribution is 2.12. The van der Waals surface area contributed by atoms with Gasteiger partial charge in [-0.15, -0.1) is 0 Å². The van der Waals surface area contributed by atoms with Crippen LogP contribution in [0.15, 0.2) is 54.6 Å². The minimum absolute atomic E-state index is 0.253. The van der Waals surface area contributed by atoms with E-state index in [0.717, 1.165) is 16.9 Å². The Morgan fingerprint density at radius 1 is 1.07 bits per heavy atom. The third-order valence-corrected chi connectivity index (χ3v) is 4.43. The van der Waals surface area contributed by atoms with E-state index < -0.39 is 18.2 Å². The third-order valence-electron chi connectivity index (χ3n) is 4.43. The van der Waals surface area contributed by atoms with Crippen molar-refractivity contribution in [1.29, 1.82) is 0 Å². The molecule has 2 rings (SSSR count). The smallest absolute Gasteiger partial charge is 0.407 e. The topological polar surface area (TPSA) is 79.8 Å². The molecule has 2 aromatic carbocycles. The highest BCUT2D eigenvalue weighted by molar-refractivity contribution is 5.67. The van der Waals surface area contributed by atoms with Crippen LogP contribution in [0.1, 0.15) is 25.0 Å². The van der Waals surface area contributed by atoms with Crippen LogP contribution in [-0.2, 0) is 17.7 Å². The number of carbonyl (C=O) groups is 1. The molecule has 0 heterocycles. The van der Waals surface area contributed by atoms with Gasteiger partial charge in [0.2, 0.25) is 0 Å². The van der Waals surface area contributed by atoms with Gasteiger partial charge in [0.25, 0.3) is 0 Å². The maximum atomic E-state index is 12.1. The number of rotatable bonds is 11. The van der Waals surface area contributed by atoms with Crippen molar-refractivity contribution in [3.63, 3.8) is 0 Å². The molecule has 0 aromatic heterocycles. The van der Waals surface area contributed by atoms with Crippen LogP contribution in [-0.4, -0.2) is 43.6 Å². The first-order valence-electron chi connectivity index (χ1n) is 9.97. The van der Waals surface area contributed by atoms with Crippen LogP contribution >= 0.6 is 0 Å². The van der Waals surface area contributed by atoms with E-state index in [-0.39, 0.29) is 5.92 Å². The van der Waals surface area contributed by atoms with Crippen LogP contribution in [0.2, 0.25) is 0 Å². The van der Waals surface area contributed by atoms with Crippen LogP contribution in [0.4, 0.5) is 4.79 Å². The number of carbonyl (C=O) groups excluding carboxylic acids is 1. The normalized spacial score (nSPS) is 13.0. The summed E-state index contributed by atoms with van der Waals surface area (Å²) >= 11 is 0. The molecule has 0 unspecified atom stereocenters. The van der Waals surface area contributed by atoms with Gasteiger partial charge in [0, 0.05) is 13.1 Å². The fourth-order valence-electron chi connectivity index (χ4n) is 2.88. The lowest BCUT2D eigenvalue weighted by atomic mass is 10.0. The first kappa shape index (κ1) is 22.7. The van der Waals surface area contributed by atoms with Gasteiger partial charge < -0.3 is 25.2 Å². The van der Waals surface area contributed by atoms with Crippen molar-refractivity contribution in [2.75, 3.05) is 20.3 Å². The molecule has 6 heteroatoms. The number of aliphatic hydroxyl groups is 1. The first-order chi connectivity index (χ1) is 14.0. The van der Waals surface area contributed by atoms with Gasteiger partial charge >= 0.3 is 6.09 Å². The molecule has 158 valence electrons. The molecule has 2 atom stereocenters. The Bertz CT molecular complexity index is 737. The Hall–Kier alpha value is -2.57. The lowest BCUT2D eigenvalue weighted by Crippen LogP contribution is -2.49. The van der Waals surface area contributed by atoms with Gasteiger partial charge in [0.05, 0.1) is 25.9 Å². The Labute approximate surface area is 173 Å². The second-order valence-corrected chi connectivity index (χ2v) is 7.48. The maximum absolute atomic E-state index is 12.1. The molecule has 0 aliphatic heterocycles. The van der Waals surface area contributed by atoms with Crippen molar-refractivity contribution in [3.05, 3.63) is 65.7 Å². The second-order valence-electron chi connectivity index (χ2n) is 7.48. The van der Waals surface area contributed by atoms with Crippen molar-refractivity contribution in [2.24, 2.45) is 5.92 Å². The molecule has 0 aliphatic rings. The highest BCUT2D eigenvalue weighted by atomic mass is 16.5. The summed E-state index contributed by atoms with van der Waals surface area (Å²) in [7, 11) is 1.63. The molecule has 0 aliphatic carbocycles. The van der Waals surface area contributed by atoms with Gasteiger partial charge in [-0.1, -0.05) is 56.3 Å². The first-order valence-corrected chi connectivity index (χ1v) is 9.97. The molecular weight excluding hydrogens is 368 g/mol. The number of benzene rings is 2. The fraction of sp³-hybridized carbons (Fsp3) is 0.435. The lowest BCUT2D eigenvalue weighted by Gasteiger charge is -2.25. The molecule has 0 fully saturated rings. The van der Waals surface area contributed by atoms with E-state index in [1.807, 2.05) is 68.4 Å². The van der Waals surface area contributed by atoms with Crippen molar-refractivity contribution in [1.82, 2.24) is 10.6 Å². The fourth-order valence-corrected chi connectivity index (χ4v) is 2.88. The van der Waals surface area contributed by atoms with Gasteiger partial charge in [-0.2, -0.15) is 0 Å². The monoisotopic (exact) mass is 400 g/mol. The van der Waals surface area contributed by atoms with Crippen LogP contribution in [0.3, 0.4) is 0 Å². The molecule has 2 aromatic rings. The average molecular weight is 401 g/mol. The summed E-state index contributed by atoms with van der Waals surface area (Å²) in [5.74, 6) is 1.05. The minimum atomic E-state index is -0.771. The number of hydrogen-bond donors (Lipinski definition) is 3. The summed E-state index contributed by atoms with van der Waals surface area (Å²) in [5.41, 5.74) is 2.09. The van der Waals surface area contributed by atoms with E-state index >= 15 is 0 Å². The van der Waals surface area contributed by atoms with Crippen molar-refractivity contribution in [3.8, 4) is 5.75 Å². The zero-order valence-electron chi connectivity index (χ0n) is 17.4. The molecule has 0 saturated carbocycles. The molecule has 0 saturated heterocycles. The molecule has 29 heavy (non-hydrogen) atoms. The minimum Gasteiger partial charge on any atom is -0.497 e. The van der Waals surface area contributed by atoms with Crippen molar-refractivity contribution >= 4 is 6.09 Å². The largest absolute Gasteiger partial charge is 0.497 e. The summed E-state index contributed by atoms with van der Waals surface area (Å²) in [4.78, 5) is 12.1. The van der Waals surface area contributed by atoms with E-state index in [1.54, 1.807) is 7.11 Å². The highest BCUT2D eigenvalue weighted by Gasteiger charge is 2.22. The summed E-state index contributed by atoms with van der Waals surface area (Å²) in [6.45, 7) is 5.22. The van der Waals surface area contributed by atoms with Crippen LogP contribution in [0.5, 0.6) is 5.75 Å². The summed E-state index contributed by atoms with van der Waals surface area (Å²) in [6, 6.07) is 17.1. The van der Waals surface area contributed by atoms with Crippen LogP contribution < -0.4 is 15.4 Å². The molecule has 0 bridgehead atoms. The van der Waals surface area contributed by atoms with Crippen LogP contribution in [0.25, 0.3) is 0 Å². The Balaban J connectivity index is 1.93. The number of amides is 1. The van der Waals surface area contributed by atoms with E-state index in [4.69, 9.17) is 9.47 Å². The summed E-state index contributed by atoms with van der Waals surface area (Å²) in [6.07, 6.45) is -0.765. The van der Waals surface area contributed by atoms with E-state index in [1.165, 1.54) is 0 Å². The number of hydrogen-bond acceptors (Lipinski definition) is 5. The average Bonchev–Trinajstić information content (AvgIpc) is 2.72. The Kier molecular flexibility index (Phi) is 9.47. The predicted molar refractivity (Wildman–Crippen MR) is 114 cm³/mol. The second kappa shape index (κ2) is 12.1. The Morgan fingerprint density at radius 2 is 1.79 bits per heavy atom. The molecule has 0 radical (unpaired) electrons.